The highest BCUT2D eigenvalue weighted by Crippen LogP contribution is 2.27. The van der Waals surface area contributed by atoms with Crippen molar-refractivity contribution in [3.63, 3.8) is 0 Å². The van der Waals surface area contributed by atoms with E-state index < -0.39 is 6.04 Å². The summed E-state index contributed by atoms with van der Waals surface area (Å²) in [5, 5.41) is 5.22. The molecule has 4 nitrogen and oxygen atoms in total. The van der Waals surface area contributed by atoms with Gasteiger partial charge in [0.2, 0.25) is 5.91 Å². The third kappa shape index (κ3) is 3.78. The number of aromatic nitrogens is 1. The Kier molecular flexibility index (Phi) is 4.50. The highest BCUT2D eigenvalue weighted by molar-refractivity contribution is 7.13. The van der Waals surface area contributed by atoms with Crippen molar-refractivity contribution in [2.75, 3.05) is 5.32 Å². The Balaban J connectivity index is 1.78. The fourth-order valence-corrected chi connectivity index (χ4v) is 2.90. The van der Waals surface area contributed by atoms with Crippen LogP contribution in [-0.4, -0.2) is 16.9 Å². The van der Waals surface area contributed by atoms with E-state index >= 15 is 0 Å². The van der Waals surface area contributed by atoms with Crippen molar-refractivity contribution in [1.82, 2.24) is 4.98 Å². The van der Waals surface area contributed by atoms with Crippen LogP contribution in [0.2, 0.25) is 0 Å². The van der Waals surface area contributed by atoms with Crippen molar-refractivity contribution >= 4 is 22.4 Å². The van der Waals surface area contributed by atoms with Crippen molar-refractivity contribution in [3.05, 3.63) is 11.6 Å². The minimum atomic E-state index is -0.401. The second-order valence-corrected chi connectivity index (χ2v) is 5.57. The highest BCUT2D eigenvalue weighted by atomic mass is 32.1. The average Bonchev–Trinajstić information content (AvgIpc) is 2.83. The summed E-state index contributed by atoms with van der Waals surface area (Å²) >= 11 is 1.42. The van der Waals surface area contributed by atoms with Crippen LogP contribution in [0.4, 0.5) is 5.13 Å². The van der Waals surface area contributed by atoms with Gasteiger partial charge in [-0.05, 0) is 12.3 Å². The zero-order valence-corrected chi connectivity index (χ0v) is 10.7. The van der Waals surface area contributed by atoms with Crippen LogP contribution in [0.5, 0.6) is 0 Å². The van der Waals surface area contributed by atoms with Crippen molar-refractivity contribution in [1.29, 1.82) is 0 Å². The van der Waals surface area contributed by atoms with E-state index in [2.05, 4.69) is 10.3 Å². The van der Waals surface area contributed by atoms with E-state index in [1.54, 1.807) is 6.20 Å². The summed E-state index contributed by atoms with van der Waals surface area (Å²) in [7, 11) is 0. The van der Waals surface area contributed by atoms with E-state index in [4.69, 9.17) is 5.73 Å². The molecule has 1 aliphatic carbocycles. The predicted molar refractivity (Wildman–Crippen MR) is 69.9 cm³/mol. The number of hydrogen-bond acceptors (Lipinski definition) is 4. The molecule has 17 heavy (non-hydrogen) atoms. The molecule has 1 aliphatic rings. The molecule has 0 aliphatic heterocycles. The number of carbonyl (C=O) groups is 1. The number of nitrogens with one attached hydrogen (secondary N) is 1. The molecule has 1 amide bonds. The standard InChI is InChI=1S/C12H19N3OS/c13-10(8-9-4-2-1-3-5-9)11(16)15-12-14-6-7-17-12/h6-7,9-10H,1-5,8,13H2,(H,14,15,16). The van der Waals surface area contributed by atoms with E-state index in [0.717, 1.165) is 6.42 Å². The van der Waals surface area contributed by atoms with Gasteiger partial charge < -0.3 is 11.1 Å². The minimum absolute atomic E-state index is 0.106. The molecule has 1 saturated carbocycles. The molecular weight excluding hydrogens is 234 g/mol. The van der Waals surface area contributed by atoms with Gasteiger partial charge in [-0.1, -0.05) is 32.1 Å². The monoisotopic (exact) mass is 253 g/mol. The van der Waals surface area contributed by atoms with Crippen LogP contribution >= 0.6 is 11.3 Å². The van der Waals surface area contributed by atoms with E-state index in [0.29, 0.717) is 11.0 Å². The Morgan fingerprint density at radius 2 is 2.29 bits per heavy atom. The number of rotatable bonds is 4. The van der Waals surface area contributed by atoms with Gasteiger partial charge in [-0.3, -0.25) is 4.79 Å². The van der Waals surface area contributed by atoms with Crippen molar-refractivity contribution in [2.45, 2.75) is 44.6 Å². The Hall–Kier alpha value is -0.940. The summed E-state index contributed by atoms with van der Waals surface area (Å²) in [6.45, 7) is 0. The van der Waals surface area contributed by atoms with Crippen LogP contribution < -0.4 is 11.1 Å². The summed E-state index contributed by atoms with van der Waals surface area (Å²) in [6.07, 6.45) is 8.81. The molecule has 1 aromatic rings. The minimum Gasteiger partial charge on any atom is -0.320 e. The van der Waals surface area contributed by atoms with Crippen molar-refractivity contribution < 1.29 is 4.79 Å². The van der Waals surface area contributed by atoms with Gasteiger partial charge in [-0.15, -0.1) is 11.3 Å². The fraction of sp³-hybridized carbons (Fsp3) is 0.667. The molecule has 0 aromatic carbocycles. The van der Waals surface area contributed by atoms with Gasteiger partial charge in [-0.2, -0.15) is 0 Å². The first-order chi connectivity index (χ1) is 8.25. The number of carbonyl (C=O) groups excluding carboxylic acids is 1. The third-order valence-corrected chi connectivity index (χ3v) is 4.00. The van der Waals surface area contributed by atoms with Gasteiger partial charge >= 0.3 is 0 Å². The largest absolute Gasteiger partial charge is 0.320 e. The number of nitrogens with zero attached hydrogens (tertiary/aromatic N) is 1. The SMILES string of the molecule is NC(CC1CCCCC1)C(=O)Nc1nccs1. The number of thiazole rings is 1. The molecule has 1 unspecified atom stereocenters. The number of anilines is 1. The summed E-state index contributed by atoms with van der Waals surface area (Å²) in [5.74, 6) is 0.520. The Morgan fingerprint density at radius 1 is 1.53 bits per heavy atom. The first kappa shape index (κ1) is 12.5. The van der Waals surface area contributed by atoms with Crippen LogP contribution in [0.3, 0.4) is 0 Å². The first-order valence-corrected chi connectivity index (χ1v) is 7.09. The molecule has 5 heteroatoms. The lowest BCUT2D eigenvalue weighted by Gasteiger charge is -2.23. The van der Waals surface area contributed by atoms with Crippen LogP contribution in [-0.2, 0) is 4.79 Å². The van der Waals surface area contributed by atoms with E-state index in [1.807, 2.05) is 5.38 Å². The molecular formula is C12H19N3OS. The Labute approximate surface area is 106 Å². The number of hydrogen-bond donors (Lipinski definition) is 2. The van der Waals surface area contributed by atoms with Crippen LogP contribution in [0, 0.1) is 5.92 Å². The second kappa shape index (κ2) is 6.12. The lowest BCUT2D eigenvalue weighted by atomic mass is 9.85. The lowest BCUT2D eigenvalue weighted by molar-refractivity contribution is -0.117. The van der Waals surface area contributed by atoms with Crippen LogP contribution in [0.1, 0.15) is 38.5 Å². The van der Waals surface area contributed by atoms with Gasteiger partial charge in [0.15, 0.2) is 5.13 Å². The summed E-state index contributed by atoms with van der Waals surface area (Å²) in [5.41, 5.74) is 5.93. The third-order valence-electron chi connectivity index (χ3n) is 3.31. The fourth-order valence-electron chi connectivity index (χ4n) is 2.37. The Morgan fingerprint density at radius 3 is 2.94 bits per heavy atom. The summed E-state index contributed by atoms with van der Waals surface area (Å²) < 4.78 is 0. The summed E-state index contributed by atoms with van der Waals surface area (Å²) in [4.78, 5) is 15.8. The topological polar surface area (TPSA) is 68.0 Å². The first-order valence-electron chi connectivity index (χ1n) is 6.21. The van der Waals surface area contributed by atoms with Crippen molar-refractivity contribution in [3.8, 4) is 0 Å². The van der Waals surface area contributed by atoms with E-state index in [-0.39, 0.29) is 5.91 Å². The van der Waals surface area contributed by atoms with Crippen LogP contribution in [0.25, 0.3) is 0 Å². The number of amides is 1. The zero-order valence-electron chi connectivity index (χ0n) is 9.89. The normalized spacial score (nSPS) is 18.9. The molecule has 3 N–H and O–H groups in total. The molecule has 0 saturated heterocycles. The lowest BCUT2D eigenvalue weighted by Crippen LogP contribution is -2.37. The molecule has 94 valence electrons. The molecule has 0 spiro atoms. The van der Waals surface area contributed by atoms with E-state index in [1.165, 1.54) is 43.4 Å². The van der Waals surface area contributed by atoms with Gasteiger partial charge in [0.05, 0.1) is 6.04 Å². The van der Waals surface area contributed by atoms with Crippen molar-refractivity contribution in [2.24, 2.45) is 11.7 Å². The molecule has 2 rings (SSSR count). The predicted octanol–water partition coefficient (Wildman–Crippen LogP) is 2.38. The highest BCUT2D eigenvalue weighted by Gasteiger charge is 2.21. The van der Waals surface area contributed by atoms with Gasteiger partial charge in [0.1, 0.15) is 0 Å². The molecule has 1 aromatic heterocycles. The Bertz CT molecular complexity index is 347. The summed E-state index contributed by atoms with van der Waals surface area (Å²) in [6, 6.07) is -0.401. The maximum Gasteiger partial charge on any atom is 0.243 e. The van der Waals surface area contributed by atoms with Gasteiger partial charge in [0.25, 0.3) is 0 Å². The number of nitrogens with two attached hydrogens (primary N) is 1. The van der Waals surface area contributed by atoms with Gasteiger partial charge in [0, 0.05) is 11.6 Å². The quantitative estimate of drug-likeness (QED) is 0.865. The molecule has 0 radical (unpaired) electrons. The molecule has 0 bridgehead atoms. The van der Waals surface area contributed by atoms with Gasteiger partial charge in [-0.25, -0.2) is 4.98 Å². The maximum atomic E-state index is 11.8. The zero-order chi connectivity index (χ0) is 12.1. The molecule has 1 fully saturated rings. The second-order valence-electron chi connectivity index (χ2n) is 4.67. The maximum absolute atomic E-state index is 11.8. The average molecular weight is 253 g/mol. The molecule has 1 heterocycles. The smallest absolute Gasteiger partial charge is 0.243 e. The van der Waals surface area contributed by atoms with Crippen LogP contribution in [0.15, 0.2) is 11.6 Å². The van der Waals surface area contributed by atoms with E-state index in [9.17, 15) is 4.79 Å². The molecule has 1 atom stereocenters.